The fourth-order valence-corrected chi connectivity index (χ4v) is 1.65. The molecule has 1 aromatic rings. The third kappa shape index (κ3) is 1.93. The highest BCUT2D eigenvalue weighted by Crippen LogP contribution is 2.48. The standard InChI is InChI=1S/C11H12O4/c1-2-14-11(13)9-5-8(9)10-4-3-7(6-12)15-10/h3-4,6,8-9H,2,5H2,1H3/t8?,9-/m0/s1. The molecule has 80 valence electrons. The second-order valence-corrected chi connectivity index (χ2v) is 3.56. The highest BCUT2D eigenvalue weighted by molar-refractivity contribution is 5.77. The van der Waals surface area contributed by atoms with Gasteiger partial charge in [0.15, 0.2) is 12.0 Å². The molecule has 0 aromatic carbocycles. The van der Waals surface area contributed by atoms with E-state index >= 15 is 0 Å². The SMILES string of the molecule is CCOC(=O)[C@H]1CC1c1ccc(C=O)o1. The minimum atomic E-state index is -0.174. The summed E-state index contributed by atoms with van der Waals surface area (Å²) in [6, 6.07) is 3.36. The van der Waals surface area contributed by atoms with Gasteiger partial charge in [-0.15, -0.1) is 0 Å². The zero-order valence-electron chi connectivity index (χ0n) is 8.43. The van der Waals surface area contributed by atoms with Crippen LogP contribution < -0.4 is 0 Å². The molecule has 15 heavy (non-hydrogen) atoms. The lowest BCUT2D eigenvalue weighted by molar-refractivity contribution is -0.144. The molecular formula is C11H12O4. The van der Waals surface area contributed by atoms with E-state index in [2.05, 4.69) is 0 Å². The molecule has 0 amide bonds. The van der Waals surface area contributed by atoms with Crippen LogP contribution in [0.3, 0.4) is 0 Å². The Morgan fingerprint density at radius 2 is 2.47 bits per heavy atom. The van der Waals surface area contributed by atoms with Crippen molar-refractivity contribution in [3.05, 3.63) is 23.7 Å². The fourth-order valence-electron chi connectivity index (χ4n) is 1.65. The smallest absolute Gasteiger partial charge is 0.309 e. The van der Waals surface area contributed by atoms with Gasteiger partial charge in [-0.3, -0.25) is 9.59 Å². The molecular weight excluding hydrogens is 196 g/mol. The van der Waals surface area contributed by atoms with Crippen LogP contribution in [0.5, 0.6) is 0 Å². The van der Waals surface area contributed by atoms with Crippen LogP contribution >= 0.6 is 0 Å². The third-order valence-corrected chi connectivity index (χ3v) is 2.51. The molecule has 0 N–H and O–H groups in total. The molecule has 4 nitrogen and oxygen atoms in total. The predicted molar refractivity (Wildman–Crippen MR) is 51.6 cm³/mol. The van der Waals surface area contributed by atoms with Crippen LogP contribution in [0.25, 0.3) is 0 Å². The third-order valence-electron chi connectivity index (χ3n) is 2.51. The largest absolute Gasteiger partial charge is 0.466 e. The van der Waals surface area contributed by atoms with Gasteiger partial charge in [-0.1, -0.05) is 0 Å². The Balaban J connectivity index is 1.98. The molecule has 4 heteroatoms. The van der Waals surface area contributed by atoms with Crippen LogP contribution in [0.15, 0.2) is 16.5 Å². The predicted octanol–water partition coefficient (Wildman–Crippen LogP) is 1.76. The van der Waals surface area contributed by atoms with Gasteiger partial charge in [-0.2, -0.15) is 0 Å². The van der Waals surface area contributed by atoms with Gasteiger partial charge in [0.1, 0.15) is 5.76 Å². The summed E-state index contributed by atoms with van der Waals surface area (Å²) in [4.78, 5) is 21.7. The summed E-state index contributed by atoms with van der Waals surface area (Å²) in [7, 11) is 0. The molecule has 1 saturated carbocycles. The zero-order chi connectivity index (χ0) is 10.8. The number of carbonyl (C=O) groups is 2. The number of hydrogen-bond acceptors (Lipinski definition) is 4. The van der Waals surface area contributed by atoms with Gasteiger partial charge in [-0.25, -0.2) is 0 Å². The molecule has 0 bridgehead atoms. The van der Waals surface area contributed by atoms with Crippen molar-refractivity contribution in [2.24, 2.45) is 5.92 Å². The normalized spacial score (nSPS) is 23.5. The number of aldehydes is 1. The van der Waals surface area contributed by atoms with Crippen molar-refractivity contribution in [3.63, 3.8) is 0 Å². The molecule has 1 aliphatic rings. The maximum Gasteiger partial charge on any atom is 0.309 e. The van der Waals surface area contributed by atoms with Gasteiger partial charge < -0.3 is 9.15 Å². The van der Waals surface area contributed by atoms with Crippen molar-refractivity contribution in [3.8, 4) is 0 Å². The summed E-state index contributed by atoms with van der Waals surface area (Å²) in [5.74, 6) is 0.842. The summed E-state index contributed by atoms with van der Waals surface area (Å²) in [6.45, 7) is 2.19. The van der Waals surface area contributed by atoms with Crippen LogP contribution in [0.1, 0.15) is 35.6 Å². The maximum absolute atomic E-state index is 11.3. The first-order chi connectivity index (χ1) is 7.26. The fraction of sp³-hybridized carbons (Fsp3) is 0.455. The number of esters is 1. The number of furan rings is 1. The summed E-state index contributed by atoms with van der Waals surface area (Å²) >= 11 is 0. The highest BCUT2D eigenvalue weighted by Gasteiger charge is 2.47. The monoisotopic (exact) mass is 208 g/mol. The maximum atomic E-state index is 11.3. The van der Waals surface area contributed by atoms with Gasteiger partial charge >= 0.3 is 5.97 Å². The van der Waals surface area contributed by atoms with Crippen LogP contribution in [0.4, 0.5) is 0 Å². The molecule has 0 spiro atoms. The van der Waals surface area contributed by atoms with Crippen molar-refractivity contribution in [2.45, 2.75) is 19.3 Å². The number of carbonyl (C=O) groups excluding carboxylic acids is 2. The minimum absolute atomic E-state index is 0.0874. The Bertz CT molecular complexity index is 380. The second-order valence-electron chi connectivity index (χ2n) is 3.56. The van der Waals surface area contributed by atoms with Gasteiger partial charge in [0, 0.05) is 5.92 Å². The van der Waals surface area contributed by atoms with Crippen LogP contribution in [0.2, 0.25) is 0 Å². The zero-order valence-corrected chi connectivity index (χ0v) is 8.43. The summed E-state index contributed by atoms with van der Waals surface area (Å²) in [5, 5.41) is 0. The number of hydrogen-bond donors (Lipinski definition) is 0. The molecule has 1 aliphatic carbocycles. The molecule has 0 aliphatic heterocycles. The first-order valence-electron chi connectivity index (χ1n) is 4.97. The van der Waals surface area contributed by atoms with Gasteiger partial charge in [0.05, 0.1) is 12.5 Å². The minimum Gasteiger partial charge on any atom is -0.466 e. The molecule has 2 atom stereocenters. The van der Waals surface area contributed by atoms with Crippen molar-refractivity contribution in [1.82, 2.24) is 0 Å². The topological polar surface area (TPSA) is 56.5 Å². The number of rotatable bonds is 4. The molecule has 1 unspecified atom stereocenters. The van der Waals surface area contributed by atoms with Crippen molar-refractivity contribution >= 4 is 12.3 Å². The van der Waals surface area contributed by atoms with Crippen LogP contribution in [-0.2, 0) is 9.53 Å². The summed E-state index contributed by atoms with van der Waals surface area (Å²) < 4.78 is 10.1. The Labute approximate surface area is 87.2 Å². The average Bonchev–Trinajstić information content (AvgIpc) is 2.90. The van der Waals surface area contributed by atoms with Crippen molar-refractivity contribution in [2.75, 3.05) is 6.61 Å². The summed E-state index contributed by atoms with van der Waals surface area (Å²) in [6.07, 6.45) is 1.41. The highest BCUT2D eigenvalue weighted by atomic mass is 16.5. The van der Waals surface area contributed by atoms with Gasteiger partial charge in [0.2, 0.25) is 0 Å². The quantitative estimate of drug-likeness (QED) is 0.558. The Morgan fingerprint density at radius 1 is 1.67 bits per heavy atom. The van der Waals surface area contributed by atoms with Crippen molar-refractivity contribution < 1.29 is 18.7 Å². The van der Waals surface area contributed by atoms with E-state index in [-0.39, 0.29) is 17.8 Å². The molecule has 1 heterocycles. The van der Waals surface area contributed by atoms with E-state index in [1.165, 1.54) is 0 Å². The second kappa shape index (κ2) is 3.88. The number of ether oxygens (including phenoxy) is 1. The van der Waals surface area contributed by atoms with E-state index < -0.39 is 0 Å². The first kappa shape index (κ1) is 9.96. The van der Waals surface area contributed by atoms with E-state index in [0.29, 0.717) is 24.4 Å². The summed E-state index contributed by atoms with van der Waals surface area (Å²) in [5.41, 5.74) is 0. The van der Waals surface area contributed by atoms with E-state index in [1.54, 1.807) is 19.1 Å². The van der Waals surface area contributed by atoms with Crippen LogP contribution in [-0.4, -0.2) is 18.9 Å². The molecule has 0 saturated heterocycles. The molecule has 2 rings (SSSR count). The van der Waals surface area contributed by atoms with Crippen LogP contribution in [0, 0.1) is 5.92 Å². The lowest BCUT2D eigenvalue weighted by Crippen LogP contribution is -2.06. The van der Waals surface area contributed by atoms with Crippen molar-refractivity contribution in [1.29, 1.82) is 0 Å². The average molecular weight is 208 g/mol. The first-order valence-corrected chi connectivity index (χ1v) is 4.97. The Hall–Kier alpha value is -1.58. The molecule has 0 radical (unpaired) electrons. The lowest BCUT2D eigenvalue weighted by Gasteiger charge is -1.98. The Morgan fingerprint density at radius 3 is 3.07 bits per heavy atom. The molecule has 1 fully saturated rings. The lowest BCUT2D eigenvalue weighted by atomic mass is 10.2. The van der Waals surface area contributed by atoms with E-state index in [1.807, 2.05) is 0 Å². The van der Waals surface area contributed by atoms with E-state index in [4.69, 9.17) is 9.15 Å². The van der Waals surface area contributed by atoms with E-state index in [0.717, 1.165) is 6.42 Å². The Kier molecular flexibility index (Phi) is 2.58. The molecule has 1 aromatic heterocycles. The van der Waals surface area contributed by atoms with Gasteiger partial charge in [-0.05, 0) is 25.5 Å². The van der Waals surface area contributed by atoms with Gasteiger partial charge in [0.25, 0.3) is 0 Å². The van der Waals surface area contributed by atoms with E-state index in [9.17, 15) is 9.59 Å².